The molecule has 2 heteroatoms. The zero-order chi connectivity index (χ0) is 9.90. The second kappa shape index (κ2) is 3.60. The minimum atomic E-state index is -0.0797. The summed E-state index contributed by atoms with van der Waals surface area (Å²) in [6.45, 7) is 6.11. The van der Waals surface area contributed by atoms with Crippen molar-refractivity contribution in [3.05, 3.63) is 36.2 Å². The number of allylic oxidation sites excluding steroid dienone is 4. The fourth-order valence-electron chi connectivity index (χ4n) is 0.869. The van der Waals surface area contributed by atoms with Gasteiger partial charge in [-0.3, -0.25) is 0 Å². The topological polar surface area (TPSA) is 35.9 Å². The molecule has 0 saturated heterocycles. The molecule has 0 aromatic heterocycles. The van der Waals surface area contributed by atoms with Gasteiger partial charge in [0.15, 0.2) is 0 Å². The van der Waals surface area contributed by atoms with Crippen molar-refractivity contribution >= 4 is 5.71 Å². The second-order valence-corrected chi connectivity index (χ2v) is 4.13. The van der Waals surface area contributed by atoms with Gasteiger partial charge in [0.1, 0.15) is 0 Å². The van der Waals surface area contributed by atoms with Crippen LogP contribution in [0.4, 0.5) is 0 Å². The molecule has 0 aromatic carbocycles. The van der Waals surface area contributed by atoms with Crippen LogP contribution in [-0.4, -0.2) is 5.71 Å². The lowest BCUT2D eigenvalue weighted by Crippen LogP contribution is -2.19. The monoisotopic (exact) mass is 176 g/mol. The Morgan fingerprint density at radius 3 is 2.54 bits per heavy atom. The first kappa shape index (κ1) is 9.78. The minimum absolute atomic E-state index is 0.0797. The molecule has 70 valence electrons. The van der Waals surface area contributed by atoms with Crippen molar-refractivity contribution in [2.24, 2.45) is 5.41 Å². The predicted molar refractivity (Wildman–Crippen MR) is 56.7 cm³/mol. The first-order valence-corrected chi connectivity index (χ1v) is 4.40. The zero-order valence-electron chi connectivity index (χ0n) is 8.39. The quantitative estimate of drug-likeness (QED) is 0.592. The van der Waals surface area contributed by atoms with Crippen molar-refractivity contribution in [3.63, 3.8) is 0 Å². The Labute approximate surface area is 79.5 Å². The van der Waals surface area contributed by atoms with E-state index in [1.807, 2.05) is 51.3 Å². The van der Waals surface area contributed by atoms with Crippen molar-refractivity contribution in [3.8, 4) is 0 Å². The Morgan fingerprint density at radius 2 is 2.08 bits per heavy atom. The predicted octanol–water partition coefficient (Wildman–Crippen LogP) is 2.61. The number of hydrogen-bond donors (Lipinski definition) is 2. The molecule has 1 rings (SSSR count). The molecule has 1 aliphatic rings. The first-order chi connectivity index (χ1) is 6.00. The van der Waals surface area contributed by atoms with Gasteiger partial charge < -0.3 is 10.7 Å². The Bertz CT molecular complexity index is 288. The van der Waals surface area contributed by atoms with E-state index in [9.17, 15) is 0 Å². The van der Waals surface area contributed by atoms with Gasteiger partial charge in [0, 0.05) is 23.0 Å². The zero-order valence-corrected chi connectivity index (χ0v) is 8.39. The highest BCUT2D eigenvalue weighted by molar-refractivity contribution is 5.97. The molecule has 0 spiro atoms. The molecule has 0 amide bonds. The number of rotatable bonds is 1. The molecular weight excluding hydrogens is 160 g/mol. The van der Waals surface area contributed by atoms with E-state index >= 15 is 0 Å². The molecule has 0 aromatic rings. The lowest BCUT2D eigenvalue weighted by atomic mass is 9.89. The molecule has 1 heterocycles. The van der Waals surface area contributed by atoms with Gasteiger partial charge in [0.25, 0.3) is 0 Å². The van der Waals surface area contributed by atoms with Crippen molar-refractivity contribution < 1.29 is 0 Å². The fourth-order valence-corrected chi connectivity index (χ4v) is 0.869. The molecule has 0 radical (unpaired) electrons. The molecule has 0 bridgehead atoms. The lowest BCUT2D eigenvalue weighted by molar-refractivity contribution is 0.590. The second-order valence-electron chi connectivity index (χ2n) is 4.13. The van der Waals surface area contributed by atoms with E-state index in [0.717, 1.165) is 5.70 Å². The molecule has 0 fully saturated rings. The Hall–Kier alpha value is -1.31. The van der Waals surface area contributed by atoms with E-state index in [4.69, 9.17) is 5.41 Å². The molecule has 13 heavy (non-hydrogen) atoms. The largest absolute Gasteiger partial charge is 0.362 e. The molecule has 1 aliphatic heterocycles. The average Bonchev–Trinajstić information content (AvgIpc) is 2.04. The Kier molecular flexibility index (Phi) is 2.71. The van der Waals surface area contributed by atoms with Crippen LogP contribution in [0.3, 0.4) is 0 Å². The molecule has 0 atom stereocenters. The van der Waals surface area contributed by atoms with Crippen LogP contribution in [0.1, 0.15) is 20.8 Å². The van der Waals surface area contributed by atoms with E-state index < -0.39 is 0 Å². The summed E-state index contributed by atoms with van der Waals surface area (Å²) < 4.78 is 0. The summed E-state index contributed by atoms with van der Waals surface area (Å²) in [5, 5.41) is 10.9. The van der Waals surface area contributed by atoms with Crippen LogP contribution in [0.5, 0.6) is 0 Å². The molecule has 2 N–H and O–H groups in total. The third-order valence-corrected chi connectivity index (χ3v) is 1.84. The Balaban J connectivity index is 2.72. The van der Waals surface area contributed by atoms with Gasteiger partial charge in [-0.2, -0.15) is 0 Å². The smallest absolute Gasteiger partial charge is 0.0397 e. The van der Waals surface area contributed by atoms with Crippen molar-refractivity contribution in [1.82, 2.24) is 5.32 Å². The summed E-state index contributed by atoms with van der Waals surface area (Å²) in [6.07, 6.45) is 9.57. The normalized spacial score (nSPS) is 18.8. The van der Waals surface area contributed by atoms with Crippen molar-refractivity contribution in [1.29, 1.82) is 5.41 Å². The molecule has 0 aliphatic carbocycles. The third kappa shape index (κ3) is 2.90. The summed E-state index contributed by atoms with van der Waals surface area (Å²) >= 11 is 0. The van der Waals surface area contributed by atoms with Crippen LogP contribution < -0.4 is 5.32 Å². The summed E-state index contributed by atoms with van der Waals surface area (Å²) in [4.78, 5) is 0. The Morgan fingerprint density at radius 1 is 1.38 bits per heavy atom. The SMILES string of the molecule is CC(C)(C)C(=N)/C=C1/C=CC=CN1. The molecular formula is C11H16N2. The maximum atomic E-state index is 7.80. The van der Waals surface area contributed by atoms with Crippen LogP contribution in [0, 0.1) is 10.8 Å². The molecule has 0 unspecified atom stereocenters. The highest BCUT2D eigenvalue weighted by Crippen LogP contribution is 2.16. The lowest BCUT2D eigenvalue weighted by Gasteiger charge is -2.18. The van der Waals surface area contributed by atoms with E-state index in [-0.39, 0.29) is 5.41 Å². The van der Waals surface area contributed by atoms with Crippen LogP contribution in [0.25, 0.3) is 0 Å². The third-order valence-electron chi connectivity index (χ3n) is 1.84. The van der Waals surface area contributed by atoms with E-state index in [0.29, 0.717) is 5.71 Å². The first-order valence-electron chi connectivity index (χ1n) is 4.40. The summed E-state index contributed by atoms with van der Waals surface area (Å²) in [5.74, 6) is 0. The maximum Gasteiger partial charge on any atom is 0.0397 e. The van der Waals surface area contributed by atoms with Gasteiger partial charge in [0.05, 0.1) is 0 Å². The fraction of sp³-hybridized carbons (Fsp3) is 0.364. The van der Waals surface area contributed by atoms with Crippen LogP contribution in [0.2, 0.25) is 0 Å². The van der Waals surface area contributed by atoms with Gasteiger partial charge in [-0.15, -0.1) is 0 Å². The van der Waals surface area contributed by atoms with Gasteiger partial charge >= 0.3 is 0 Å². The van der Waals surface area contributed by atoms with E-state index in [1.54, 1.807) is 0 Å². The highest BCUT2D eigenvalue weighted by Gasteiger charge is 2.15. The molecule has 2 nitrogen and oxygen atoms in total. The number of dihydropyridines is 1. The van der Waals surface area contributed by atoms with Crippen LogP contribution >= 0.6 is 0 Å². The summed E-state index contributed by atoms with van der Waals surface area (Å²) in [6, 6.07) is 0. The van der Waals surface area contributed by atoms with Gasteiger partial charge in [-0.05, 0) is 18.2 Å². The number of hydrogen-bond acceptors (Lipinski definition) is 2. The van der Waals surface area contributed by atoms with Gasteiger partial charge in [0.2, 0.25) is 0 Å². The van der Waals surface area contributed by atoms with E-state index in [2.05, 4.69) is 5.32 Å². The average molecular weight is 176 g/mol. The van der Waals surface area contributed by atoms with E-state index in [1.165, 1.54) is 0 Å². The molecule has 0 saturated carbocycles. The summed E-state index contributed by atoms with van der Waals surface area (Å²) in [5.41, 5.74) is 1.53. The minimum Gasteiger partial charge on any atom is -0.362 e. The summed E-state index contributed by atoms with van der Waals surface area (Å²) in [7, 11) is 0. The van der Waals surface area contributed by atoms with Crippen molar-refractivity contribution in [2.75, 3.05) is 0 Å². The van der Waals surface area contributed by atoms with Gasteiger partial charge in [-0.25, -0.2) is 0 Å². The van der Waals surface area contributed by atoms with Crippen molar-refractivity contribution in [2.45, 2.75) is 20.8 Å². The maximum absolute atomic E-state index is 7.80. The highest BCUT2D eigenvalue weighted by atomic mass is 14.8. The van der Waals surface area contributed by atoms with Gasteiger partial charge in [-0.1, -0.05) is 26.8 Å². The number of nitrogens with one attached hydrogen (secondary N) is 2. The van der Waals surface area contributed by atoms with Crippen LogP contribution in [0.15, 0.2) is 36.2 Å². The van der Waals surface area contributed by atoms with Crippen LogP contribution in [-0.2, 0) is 0 Å². The standard InChI is InChI=1S/C11H16N2/c1-11(2,3)10(12)8-9-6-4-5-7-13-9/h4-8,12-13H,1-3H3/b9-8-,12-10?.